The molecular weight excluding hydrogens is 846 g/mol. The summed E-state index contributed by atoms with van der Waals surface area (Å²) in [6.07, 6.45) is 9.77. The highest BCUT2D eigenvalue weighted by Gasteiger charge is 2.21. The van der Waals surface area contributed by atoms with Gasteiger partial charge in [0.25, 0.3) is 11.8 Å². The Balaban J connectivity index is 0.000000182. The zero-order valence-electron chi connectivity index (χ0n) is 31.8. The molecule has 2 N–H and O–H groups in total. The number of fused-ring (bicyclic) bond motifs is 2. The number of nitrogens with one attached hydrogen (secondary N) is 2. The van der Waals surface area contributed by atoms with E-state index in [-0.39, 0.29) is 43.7 Å². The first kappa shape index (κ1) is 41.7. The number of methoxy groups -OCH3 is 1. The SMILES string of the molecule is COc1ccc(S(=O)(=O)c2ccc(CNC(=O)c3cc4ccncc4s3)cc2)cc1F.Cc1cncc(S(=O)(=O)c2ccc(CNC(=O)c3cc4ccncc4s3)cc2)c1. The normalized spacial score (nSPS) is 11.4. The monoisotopic (exact) mass is 879 g/mol. The average molecular weight is 880 g/mol. The Kier molecular flexibility index (Phi) is 12.4. The van der Waals surface area contributed by atoms with Gasteiger partial charge in [0.1, 0.15) is 0 Å². The molecule has 0 fully saturated rings. The number of hydrogen-bond acceptors (Lipinski definition) is 12. The summed E-state index contributed by atoms with van der Waals surface area (Å²) < 4.78 is 71.6. The minimum Gasteiger partial charge on any atom is -0.494 e. The molecule has 5 heterocycles. The van der Waals surface area contributed by atoms with E-state index in [1.165, 1.54) is 60.2 Å². The highest BCUT2D eigenvalue weighted by molar-refractivity contribution is 7.91. The highest BCUT2D eigenvalue weighted by Crippen LogP contribution is 2.28. The van der Waals surface area contributed by atoms with Gasteiger partial charge in [0.2, 0.25) is 19.7 Å². The van der Waals surface area contributed by atoms with Crippen molar-refractivity contribution in [1.82, 2.24) is 25.6 Å². The van der Waals surface area contributed by atoms with Crippen LogP contribution in [0.25, 0.3) is 20.2 Å². The van der Waals surface area contributed by atoms with E-state index >= 15 is 0 Å². The standard InChI is InChI=1S/C22H17FN2O4S2.C21H17N3O3S2/c1-29-19-7-6-17(11-18(19)23)31(27,28)16-4-2-14(3-5-16)12-25-22(26)20-10-15-8-9-24-13-21(15)30-20;1-14-8-18(12-23-10-14)29(26,27)17-4-2-15(3-5-17)11-24-21(25)19-9-16-6-7-22-13-20(16)28-19/h2-11,13H,12H2,1H3,(H,25,26);2-10,12-13H,11H2,1H3,(H,24,25). The van der Waals surface area contributed by atoms with Gasteiger partial charge in [0.05, 0.1) is 45.8 Å². The third-order valence-corrected chi connectivity index (χ3v) is 14.7. The number of carbonyl (C=O) groups is 2. The predicted molar refractivity (Wildman–Crippen MR) is 227 cm³/mol. The van der Waals surface area contributed by atoms with Crippen LogP contribution in [-0.4, -0.2) is 50.7 Å². The van der Waals surface area contributed by atoms with Crippen LogP contribution in [-0.2, 0) is 32.8 Å². The summed E-state index contributed by atoms with van der Waals surface area (Å²) in [5, 5.41) is 7.62. The lowest BCUT2D eigenvalue weighted by molar-refractivity contribution is 0.0947. The molecule has 60 heavy (non-hydrogen) atoms. The molecule has 0 unspecified atom stereocenters. The molecule has 0 aliphatic rings. The molecule has 17 heteroatoms. The summed E-state index contributed by atoms with van der Waals surface area (Å²) in [4.78, 5) is 38.3. The zero-order valence-corrected chi connectivity index (χ0v) is 35.1. The van der Waals surface area contributed by atoms with E-state index in [4.69, 9.17) is 4.74 Å². The van der Waals surface area contributed by atoms with E-state index in [1.807, 2.05) is 18.2 Å². The van der Waals surface area contributed by atoms with E-state index in [0.717, 1.165) is 42.9 Å². The molecule has 8 rings (SSSR count). The molecular formula is C43H34FN5O7S4. The number of rotatable bonds is 11. The summed E-state index contributed by atoms with van der Waals surface area (Å²) in [5.74, 6) is -1.17. The number of sulfone groups is 2. The number of aryl methyl sites for hydroxylation is 1. The number of nitrogens with zero attached hydrogens (tertiary/aromatic N) is 3. The highest BCUT2D eigenvalue weighted by atomic mass is 32.2. The molecule has 3 aromatic carbocycles. The maximum absolute atomic E-state index is 13.9. The Bertz CT molecular complexity index is 3020. The van der Waals surface area contributed by atoms with Gasteiger partial charge in [-0.2, -0.15) is 0 Å². The molecule has 0 bridgehead atoms. The van der Waals surface area contributed by atoms with Crippen LogP contribution in [0, 0.1) is 12.7 Å². The molecule has 0 aliphatic heterocycles. The molecule has 304 valence electrons. The van der Waals surface area contributed by atoms with Crippen LogP contribution in [0.2, 0.25) is 0 Å². The number of thiophene rings is 2. The topological polar surface area (TPSA) is 174 Å². The van der Waals surface area contributed by atoms with Crippen LogP contribution in [0.4, 0.5) is 4.39 Å². The Labute approximate surface area is 352 Å². The van der Waals surface area contributed by atoms with Crippen molar-refractivity contribution in [3.05, 3.63) is 167 Å². The molecule has 0 atom stereocenters. The van der Waals surface area contributed by atoms with Gasteiger partial charge < -0.3 is 15.4 Å². The number of amides is 2. The fourth-order valence-corrected chi connectivity index (χ4v) is 10.3. The third kappa shape index (κ3) is 9.39. The first-order chi connectivity index (χ1) is 28.8. The number of benzene rings is 3. The fourth-order valence-electron chi connectivity index (χ4n) is 5.87. The zero-order chi connectivity index (χ0) is 42.4. The Morgan fingerprint density at radius 3 is 1.53 bits per heavy atom. The smallest absolute Gasteiger partial charge is 0.261 e. The summed E-state index contributed by atoms with van der Waals surface area (Å²) in [6.45, 7) is 2.34. The maximum Gasteiger partial charge on any atom is 0.261 e. The van der Waals surface area contributed by atoms with Crippen molar-refractivity contribution in [3.8, 4) is 5.75 Å². The number of ether oxygens (including phenoxy) is 1. The summed E-state index contributed by atoms with van der Waals surface area (Å²) in [7, 11) is -6.19. The van der Waals surface area contributed by atoms with Gasteiger partial charge in [-0.15, -0.1) is 22.7 Å². The number of aromatic nitrogens is 3. The third-order valence-electron chi connectivity index (χ3n) is 9.06. The van der Waals surface area contributed by atoms with Crippen molar-refractivity contribution in [2.24, 2.45) is 0 Å². The number of hydrogen-bond donors (Lipinski definition) is 2. The van der Waals surface area contributed by atoms with Gasteiger partial charge in [-0.25, -0.2) is 21.2 Å². The van der Waals surface area contributed by atoms with E-state index in [1.54, 1.807) is 86.4 Å². The van der Waals surface area contributed by atoms with E-state index in [2.05, 4.69) is 25.6 Å². The molecule has 0 spiro atoms. The lowest BCUT2D eigenvalue weighted by Gasteiger charge is -2.08. The van der Waals surface area contributed by atoms with Gasteiger partial charge in [0, 0.05) is 50.3 Å². The van der Waals surface area contributed by atoms with Crippen LogP contribution in [0.15, 0.2) is 154 Å². The quantitative estimate of drug-likeness (QED) is 0.130. The lowest BCUT2D eigenvalue weighted by Crippen LogP contribution is -2.21. The van der Waals surface area contributed by atoms with Crippen molar-refractivity contribution >= 4 is 74.3 Å². The van der Waals surface area contributed by atoms with Gasteiger partial charge in [-0.05, 0) is 107 Å². The molecule has 8 aromatic rings. The van der Waals surface area contributed by atoms with Crippen molar-refractivity contribution in [3.63, 3.8) is 0 Å². The molecule has 0 aliphatic carbocycles. The predicted octanol–water partition coefficient (Wildman–Crippen LogP) is 7.97. The Hall–Kier alpha value is -6.40. The summed E-state index contributed by atoms with van der Waals surface area (Å²) in [5.41, 5.74) is 2.32. The van der Waals surface area contributed by atoms with E-state index in [9.17, 15) is 30.8 Å². The molecule has 12 nitrogen and oxygen atoms in total. The van der Waals surface area contributed by atoms with Crippen LogP contribution < -0.4 is 15.4 Å². The fraction of sp³-hybridized carbons (Fsp3) is 0.0930. The molecule has 0 saturated carbocycles. The van der Waals surface area contributed by atoms with Crippen molar-refractivity contribution in [2.75, 3.05) is 7.11 Å². The van der Waals surface area contributed by atoms with E-state index in [0.29, 0.717) is 16.3 Å². The number of carbonyl (C=O) groups excluding carboxylic acids is 2. The van der Waals surface area contributed by atoms with Gasteiger partial charge in [-0.3, -0.25) is 24.5 Å². The second-order valence-corrected chi connectivity index (χ2v) is 19.3. The lowest BCUT2D eigenvalue weighted by atomic mass is 10.2. The molecule has 0 radical (unpaired) electrons. The van der Waals surface area contributed by atoms with Gasteiger partial charge in [0.15, 0.2) is 11.6 Å². The second kappa shape index (κ2) is 17.8. The van der Waals surface area contributed by atoms with Crippen LogP contribution in [0.5, 0.6) is 5.75 Å². The average Bonchev–Trinajstić information content (AvgIpc) is 3.91. The van der Waals surface area contributed by atoms with Crippen LogP contribution in [0.3, 0.4) is 0 Å². The maximum atomic E-state index is 13.9. The Morgan fingerprint density at radius 1 is 0.600 bits per heavy atom. The Morgan fingerprint density at radius 2 is 1.08 bits per heavy atom. The van der Waals surface area contributed by atoms with Crippen molar-refractivity contribution < 1.29 is 35.6 Å². The van der Waals surface area contributed by atoms with E-state index < -0.39 is 25.5 Å². The van der Waals surface area contributed by atoms with Crippen LogP contribution >= 0.6 is 22.7 Å². The first-order valence-electron chi connectivity index (χ1n) is 18.0. The number of pyridine rings is 3. The first-order valence-corrected chi connectivity index (χ1v) is 22.6. The van der Waals surface area contributed by atoms with Crippen LogP contribution in [0.1, 0.15) is 36.0 Å². The van der Waals surface area contributed by atoms with Gasteiger partial charge in [-0.1, -0.05) is 24.3 Å². The number of halogens is 1. The summed E-state index contributed by atoms with van der Waals surface area (Å²) >= 11 is 2.74. The van der Waals surface area contributed by atoms with Gasteiger partial charge >= 0.3 is 0 Å². The molecule has 2 amide bonds. The molecule has 0 saturated heterocycles. The summed E-state index contributed by atoms with van der Waals surface area (Å²) in [6, 6.07) is 25.0. The van der Waals surface area contributed by atoms with Crippen molar-refractivity contribution in [1.29, 1.82) is 0 Å². The minimum absolute atomic E-state index is 0.0278. The minimum atomic E-state index is -3.88. The molecule has 5 aromatic heterocycles. The second-order valence-electron chi connectivity index (χ2n) is 13.2. The van der Waals surface area contributed by atoms with Crippen molar-refractivity contribution in [2.45, 2.75) is 39.6 Å². The largest absolute Gasteiger partial charge is 0.494 e.